The van der Waals surface area contributed by atoms with Crippen molar-refractivity contribution in [2.75, 3.05) is 0 Å². The van der Waals surface area contributed by atoms with Crippen molar-refractivity contribution >= 4 is 28.9 Å². The Balaban J connectivity index is 2.45. The van der Waals surface area contributed by atoms with E-state index in [1.165, 1.54) is 0 Å². The molecule has 0 fully saturated rings. The third-order valence-electron chi connectivity index (χ3n) is 1.36. The molecule has 0 saturated carbocycles. The Bertz CT molecular complexity index is 306. The number of halogens is 1. The summed E-state index contributed by atoms with van der Waals surface area (Å²) in [6, 6.07) is 7.39. The van der Waals surface area contributed by atoms with Crippen molar-refractivity contribution in [2.45, 2.75) is 6.61 Å². The van der Waals surface area contributed by atoms with Crippen LogP contribution in [0, 0.1) is 0 Å². The molecular weight excluding hydrogens is 208 g/mol. The first-order valence-corrected chi connectivity index (χ1v) is 4.39. The summed E-state index contributed by atoms with van der Waals surface area (Å²) in [6.07, 6.45) is 0. The average molecular weight is 217 g/mol. The molecule has 0 heterocycles. The number of benzene rings is 1. The lowest BCUT2D eigenvalue weighted by Gasteiger charge is -2.05. The smallest absolute Gasteiger partial charge is 0.187 e. The Morgan fingerprint density at radius 2 is 2.23 bits per heavy atom. The summed E-state index contributed by atoms with van der Waals surface area (Å²) >= 11 is 10.4. The van der Waals surface area contributed by atoms with E-state index in [-0.39, 0.29) is 5.11 Å². The number of rotatable bonds is 3. The van der Waals surface area contributed by atoms with Crippen molar-refractivity contribution in [3.63, 3.8) is 0 Å². The zero-order valence-electron chi connectivity index (χ0n) is 6.79. The van der Waals surface area contributed by atoms with E-state index in [0.29, 0.717) is 11.6 Å². The van der Waals surface area contributed by atoms with E-state index < -0.39 is 0 Å². The van der Waals surface area contributed by atoms with Gasteiger partial charge in [-0.25, -0.2) is 5.48 Å². The molecule has 0 bridgehead atoms. The molecule has 0 aromatic heterocycles. The number of hydroxylamine groups is 1. The minimum Gasteiger partial charge on any atom is -0.375 e. The standard InChI is InChI=1S/C8H9ClN2OS/c9-7-4-2-1-3-6(7)5-12-11-8(10)13/h1-4H,5H2,(H3,10,11,13). The SMILES string of the molecule is NC(=S)NOCc1ccccc1Cl. The van der Waals surface area contributed by atoms with Crippen LogP contribution in [0.15, 0.2) is 24.3 Å². The van der Waals surface area contributed by atoms with E-state index in [0.717, 1.165) is 5.56 Å². The molecule has 3 nitrogen and oxygen atoms in total. The molecule has 0 unspecified atom stereocenters. The Morgan fingerprint density at radius 3 is 2.85 bits per heavy atom. The molecular formula is C8H9ClN2OS. The van der Waals surface area contributed by atoms with E-state index in [1.807, 2.05) is 18.2 Å². The first-order valence-electron chi connectivity index (χ1n) is 3.61. The van der Waals surface area contributed by atoms with Crippen molar-refractivity contribution < 1.29 is 4.84 Å². The maximum atomic E-state index is 5.87. The van der Waals surface area contributed by atoms with Gasteiger partial charge in [-0.3, -0.25) is 4.84 Å². The molecule has 1 aromatic rings. The topological polar surface area (TPSA) is 47.3 Å². The molecule has 0 aliphatic heterocycles. The molecule has 0 aliphatic rings. The highest BCUT2D eigenvalue weighted by Gasteiger charge is 1.98. The van der Waals surface area contributed by atoms with Crippen LogP contribution in [0.2, 0.25) is 5.02 Å². The van der Waals surface area contributed by atoms with Gasteiger partial charge in [0.15, 0.2) is 5.11 Å². The monoisotopic (exact) mass is 216 g/mol. The number of hydrogen-bond acceptors (Lipinski definition) is 2. The van der Waals surface area contributed by atoms with Crippen molar-refractivity contribution in [1.82, 2.24) is 5.48 Å². The van der Waals surface area contributed by atoms with Gasteiger partial charge in [0.25, 0.3) is 0 Å². The molecule has 3 N–H and O–H groups in total. The second-order valence-electron chi connectivity index (χ2n) is 2.35. The van der Waals surface area contributed by atoms with Gasteiger partial charge in [0.2, 0.25) is 0 Å². The van der Waals surface area contributed by atoms with E-state index in [2.05, 4.69) is 17.7 Å². The molecule has 0 radical (unpaired) electrons. The Hall–Kier alpha value is -0.840. The van der Waals surface area contributed by atoms with E-state index in [1.54, 1.807) is 6.07 Å². The van der Waals surface area contributed by atoms with Crippen LogP contribution in [0.5, 0.6) is 0 Å². The maximum Gasteiger partial charge on any atom is 0.187 e. The van der Waals surface area contributed by atoms with Gasteiger partial charge in [-0.1, -0.05) is 29.8 Å². The van der Waals surface area contributed by atoms with Gasteiger partial charge in [-0.15, -0.1) is 0 Å². The number of nitrogens with one attached hydrogen (secondary N) is 1. The molecule has 70 valence electrons. The molecule has 1 aromatic carbocycles. The van der Waals surface area contributed by atoms with Gasteiger partial charge in [0, 0.05) is 5.02 Å². The van der Waals surface area contributed by atoms with E-state index in [4.69, 9.17) is 22.2 Å². The predicted octanol–water partition coefficient (Wildman–Crippen LogP) is 1.60. The van der Waals surface area contributed by atoms with Crippen molar-refractivity contribution in [3.8, 4) is 0 Å². The third-order valence-corrected chi connectivity index (χ3v) is 1.81. The summed E-state index contributed by atoms with van der Waals surface area (Å²) in [7, 11) is 0. The fourth-order valence-corrected chi connectivity index (χ4v) is 1.05. The minimum absolute atomic E-state index is 0.104. The molecule has 1 rings (SSSR count). The lowest BCUT2D eigenvalue weighted by atomic mass is 10.2. The van der Waals surface area contributed by atoms with Crippen molar-refractivity contribution in [3.05, 3.63) is 34.9 Å². The second kappa shape index (κ2) is 5.01. The fraction of sp³-hybridized carbons (Fsp3) is 0.125. The molecule has 0 saturated heterocycles. The van der Waals surface area contributed by atoms with Gasteiger partial charge in [0.05, 0.1) is 0 Å². The summed E-state index contributed by atoms with van der Waals surface area (Å²) in [6.45, 7) is 0.330. The molecule has 0 aliphatic carbocycles. The lowest BCUT2D eigenvalue weighted by Crippen LogP contribution is -2.28. The van der Waals surface area contributed by atoms with E-state index in [9.17, 15) is 0 Å². The van der Waals surface area contributed by atoms with Crippen LogP contribution in [0.4, 0.5) is 0 Å². The van der Waals surface area contributed by atoms with Crippen LogP contribution in [-0.2, 0) is 11.4 Å². The first kappa shape index (κ1) is 10.2. The van der Waals surface area contributed by atoms with Crippen LogP contribution in [0.25, 0.3) is 0 Å². The predicted molar refractivity (Wildman–Crippen MR) is 56.2 cm³/mol. The van der Waals surface area contributed by atoms with Gasteiger partial charge in [0.1, 0.15) is 6.61 Å². The van der Waals surface area contributed by atoms with Crippen LogP contribution >= 0.6 is 23.8 Å². The van der Waals surface area contributed by atoms with Crippen LogP contribution in [-0.4, -0.2) is 5.11 Å². The molecule has 13 heavy (non-hydrogen) atoms. The largest absolute Gasteiger partial charge is 0.375 e. The van der Waals surface area contributed by atoms with Crippen LogP contribution < -0.4 is 11.2 Å². The number of nitrogens with two attached hydrogens (primary N) is 1. The molecule has 0 amide bonds. The fourth-order valence-electron chi connectivity index (χ4n) is 0.800. The number of thiocarbonyl (C=S) groups is 1. The Kier molecular flexibility index (Phi) is 3.95. The summed E-state index contributed by atoms with van der Waals surface area (Å²) in [5.41, 5.74) is 8.41. The zero-order valence-corrected chi connectivity index (χ0v) is 8.36. The minimum atomic E-state index is 0.104. The highest BCUT2D eigenvalue weighted by atomic mass is 35.5. The highest BCUT2D eigenvalue weighted by Crippen LogP contribution is 2.14. The number of hydrogen-bond donors (Lipinski definition) is 2. The third kappa shape index (κ3) is 3.59. The summed E-state index contributed by atoms with van der Waals surface area (Å²) in [5, 5.41) is 0.763. The molecule has 5 heteroatoms. The Morgan fingerprint density at radius 1 is 1.54 bits per heavy atom. The van der Waals surface area contributed by atoms with Crippen molar-refractivity contribution in [2.24, 2.45) is 5.73 Å². The highest BCUT2D eigenvalue weighted by molar-refractivity contribution is 7.80. The second-order valence-corrected chi connectivity index (χ2v) is 3.19. The summed E-state index contributed by atoms with van der Waals surface area (Å²) < 4.78 is 0. The summed E-state index contributed by atoms with van der Waals surface area (Å²) in [4.78, 5) is 4.96. The summed E-state index contributed by atoms with van der Waals surface area (Å²) in [5.74, 6) is 0. The lowest BCUT2D eigenvalue weighted by molar-refractivity contribution is 0.0721. The van der Waals surface area contributed by atoms with Gasteiger partial charge < -0.3 is 5.73 Å². The quantitative estimate of drug-likeness (QED) is 0.595. The van der Waals surface area contributed by atoms with Gasteiger partial charge in [-0.05, 0) is 23.8 Å². The normalized spacial score (nSPS) is 9.62. The molecule has 0 atom stereocenters. The van der Waals surface area contributed by atoms with Gasteiger partial charge in [-0.2, -0.15) is 0 Å². The maximum absolute atomic E-state index is 5.87. The first-order chi connectivity index (χ1) is 6.20. The van der Waals surface area contributed by atoms with Gasteiger partial charge >= 0.3 is 0 Å². The Labute approximate surface area is 86.8 Å². The average Bonchev–Trinajstić information content (AvgIpc) is 2.08. The van der Waals surface area contributed by atoms with Crippen molar-refractivity contribution in [1.29, 1.82) is 0 Å². The van der Waals surface area contributed by atoms with E-state index >= 15 is 0 Å². The molecule has 0 spiro atoms. The zero-order chi connectivity index (χ0) is 9.68. The van der Waals surface area contributed by atoms with Crippen LogP contribution in [0.1, 0.15) is 5.56 Å². The van der Waals surface area contributed by atoms with Crippen LogP contribution in [0.3, 0.4) is 0 Å².